The fourth-order valence-electron chi connectivity index (χ4n) is 3.13. The molecule has 18 heavy (non-hydrogen) atoms. The van der Waals surface area contributed by atoms with E-state index in [1.807, 2.05) is 6.20 Å². The molecule has 100 valence electrons. The Kier molecular flexibility index (Phi) is 3.96. The molecule has 0 N–H and O–H groups in total. The number of nitrogens with zero attached hydrogens (tertiary/aromatic N) is 4. The predicted octanol–water partition coefficient (Wildman–Crippen LogP) is 1.57. The molecule has 0 aliphatic carbocycles. The second-order valence-electron chi connectivity index (χ2n) is 5.58. The van der Waals surface area contributed by atoms with E-state index in [1.54, 1.807) is 0 Å². The van der Waals surface area contributed by atoms with Crippen LogP contribution in [0.5, 0.6) is 0 Å². The monoisotopic (exact) mass is 248 g/mol. The molecule has 3 rings (SSSR count). The van der Waals surface area contributed by atoms with E-state index >= 15 is 0 Å². The lowest BCUT2D eigenvalue weighted by molar-refractivity contribution is 0.180. The van der Waals surface area contributed by atoms with Gasteiger partial charge in [-0.3, -0.25) is 9.58 Å². The van der Waals surface area contributed by atoms with Gasteiger partial charge in [0.15, 0.2) is 0 Å². The number of hydrogen-bond donors (Lipinski definition) is 0. The highest BCUT2D eigenvalue weighted by atomic mass is 15.3. The molecule has 0 spiro atoms. The Hall–Kier alpha value is -0.870. The first-order valence-electron chi connectivity index (χ1n) is 7.37. The first-order valence-corrected chi connectivity index (χ1v) is 7.37. The van der Waals surface area contributed by atoms with Crippen LogP contribution >= 0.6 is 0 Å². The number of likely N-dealkylation sites (tertiary alicyclic amines) is 1. The van der Waals surface area contributed by atoms with Gasteiger partial charge in [0, 0.05) is 19.3 Å². The summed E-state index contributed by atoms with van der Waals surface area (Å²) in [6, 6.07) is 2.15. The summed E-state index contributed by atoms with van der Waals surface area (Å²) in [5, 5.41) is 4.33. The van der Waals surface area contributed by atoms with Crippen LogP contribution < -0.4 is 0 Å². The number of rotatable bonds is 4. The minimum Gasteiger partial charge on any atom is -0.303 e. The van der Waals surface area contributed by atoms with Crippen LogP contribution in [0, 0.1) is 0 Å². The number of piperidine rings is 1. The van der Waals surface area contributed by atoms with Crippen LogP contribution in [0.2, 0.25) is 0 Å². The van der Waals surface area contributed by atoms with Crippen molar-refractivity contribution in [1.29, 1.82) is 0 Å². The van der Waals surface area contributed by atoms with Crippen molar-refractivity contribution >= 4 is 0 Å². The summed E-state index contributed by atoms with van der Waals surface area (Å²) in [5.74, 6) is 0. The zero-order valence-electron chi connectivity index (χ0n) is 11.2. The van der Waals surface area contributed by atoms with Gasteiger partial charge in [0.05, 0.1) is 12.2 Å². The van der Waals surface area contributed by atoms with Gasteiger partial charge in [-0.2, -0.15) is 5.10 Å². The van der Waals surface area contributed by atoms with E-state index in [0.717, 1.165) is 19.6 Å². The minimum absolute atomic E-state index is 1.06. The molecular weight excluding hydrogens is 224 g/mol. The maximum Gasteiger partial charge on any atom is 0.0540 e. The number of hydrogen-bond acceptors (Lipinski definition) is 3. The molecule has 0 saturated carbocycles. The van der Waals surface area contributed by atoms with Crippen molar-refractivity contribution < 1.29 is 0 Å². The van der Waals surface area contributed by atoms with Gasteiger partial charge in [0.2, 0.25) is 0 Å². The van der Waals surface area contributed by atoms with Crippen LogP contribution in [-0.2, 0) is 13.1 Å². The van der Waals surface area contributed by atoms with Gasteiger partial charge in [-0.25, -0.2) is 0 Å². The number of fused-ring (bicyclic) bond motifs is 1. The van der Waals surface area contributed by atoms with Gasteiger partial charge in [-0.1, -0.05) is 6.42 Å². The highest BCUT2D eigenvalue weighted by Crippen LogP contribution is 2.12. The molecule has 4 nitrogen and oxygen atoms in total. The maximum absolute atomic E-state index is 4.33. The molecule has 1 aromatic rings. The lowest BCUT2D eigenvalue weighted by Crippen LogP contribution is -2.37. The molecule has 0 unspecified atom stereocenters. The molecule has 0 amide bonds. The second-order valence-corrected chi connectivity index (χ2v) is 5.58. The van der Waals surface area contributed by atoms with E-state index in [2.05, 4.69) is 25.6 Å². The second kappa shape index (κ2) is 5.85. The minimum atomic E-state index is 1.06. The largest absolute Gasteiger partial charge is 0.303 e. The predicted molar refractivity (Wildman–Crippen MR) is 72.4 cm³/mol. The molecule has 0 radical (unpaired) electrons. The number of aromatic nitrogens is 2. The molecule has 4 heteroatoms. The third-order valence-corrected chi connectivity index (χ3v) is 4.22. The standard InChI is InChI=1S/C14H24N4/c1-2-7-16(8-3-1)9-4-10-17-11-12-18-14(13-17)5-6-15-18/h5-6H,1-4,7-13H2. The summed E-state index contributed by atoms with van der Waals surface area (Å²) >= 11 is 0. The summed E-state index contributed by atoms with van der Waals surface area (Å²) in [5.41, 5.74) is 1.37. The fourth-order valence-corrected chi connectivity index (χ4v) is 3.13. The van der Waals surface area contributed by atoms with Crippen molar-refractivity contribution in [2.75, 3.05) is 32.7 Å². The summed E-state index contributed by atoms with van der Waals surface area (Å²) in [6.07, 6.45) is 7.49. The molecule has 1 saturated heterocycles. The van der Waals surface area contributed by atoms with Crippen molar-refractivity contribution in [1.82, 2.24) is 19.6 Å². The normalized spacial score (nSPS) is 22.0. The van der Waals surface area contributed by atoms with Crippen molar-refractivity contribution in [2.24, 2.45) is 0 Å². The summed E-state index contributed by atoms with van der Waals surface area (Å²) in [4.78, 5) is 5.21. The van der Waals surface area contributed by atoms with E-state index in [4.69, 9.17) is 0 Å². The van der Waals surface area contributed by atoms with Crippen molar-refractivity contribution in [3.8, 4) is 0 Å². The Bertz CT molecular complexity index is 368. The van der Waals surface area contributed by atoms with Crippen LogP contribution in [0.4, 0.5) is 0 Å². The van der Waals surface area contributed by atoms with Gasteiger partial charge < -0.3 is 4.90 Å². The van der Waals surface area contributed by atoms with Gasteiger partial charge in [-0.05, 0) is 51.5 Å². The first kappa shape index (κ1) is 12.2. The zero-order chi connectivity index (χ0) is 12.2. The van der Waals surface area contributed by atoms with E-state index in [9.17, 15) is 0 Å². The van der Waals surface area contributed by atoms with E-state index in [0.29, 0.717) is 0 Å². The highest BCUT2D eigenvalue weighted by Gasteiger charge is 2.16. The molecular formula is C14H24N4. The summed E-state index contributed by atoms with van der Waals surface area (Å²) < 4.78 is 2.14. The van der Waals surface area contributed by atoms with Gasteiger partial charge >= 0.3 is 0 Å². The molecule has 0 bridgehead atoms. The van der Waals surface area contributed by atoms with Gasteiger partial charge in [-0.15, -0.1) is 0 Å². The van der Waals surface area contributed by atoms with E-state index < -0.39 is 0 Å². The first-order chi connectivity index (χ1) is 8.92. The summed E-state index contributed by atoms with van der Waals surface area (Å²) in [7, 11) is 0. The SMILES string of the molecule is c1cc2n(n1)CCN(CCCN1CCCCC1)C2. The fraction of sp³-hybridized carbons (Fsp3) is 0.786. The molecule has 0 atom stereocenters. The summed E-state index contributed by atoms with van der Waals surface area (Å²) in [6.45, 7) is 8.48. The maximum atomic E-state index is 4.33. The highest BCUT2D eigenvalue weighted by molar-refractivity contribution is 5.02. The van der Waals surface area contributed by atoms with Crippen LogP contribution in [0.3, 0.4) is 0 Å². The Balaban J connectivity index is 1.39. The molecule has 0 aromatic carbocycles. The average Bonchev–Trinajstić information content (AvgIpc) is 2.87. The van der Waals surface area contributed by atoms with E-state index in [1.165, 1.54) is 57.6 Å². The lowest BCUT2D eigenvalue weighted by Gasteiger charge is -2.30. The molecule has 2 aliphatic heterocycles. The van der Waals surface area contributed by atoms with Crippen LogP contribution in [-0.4, -0.2) is 52.3 Å². The van der Waals surface area contributed by atoms with Gasteiger partial charge in [0.1, 0.15) is 0 Å². The Morgan fingerprint density at radius 3 is 2.67 bits per heavy atom. The Labute approximate surface area is 110 Å². The van der Waals surface area contributed by atoms with Crippen molar-refractivity contribution in [3.05, 3.63) is 18.0 Å². The molecule has 1 fully saturated rings. The average molecular weight is 248 g/mol. The zero-order valence-corrected chi connectivity index (χ0v) is 11.2. The van der Waals surface area contributed by atoms with E-state index in [-0.39, 0.29) is 0 Å². The smallest absolute Gasteiger partial charge is 0.0540 e. The van der Waals surface area contributed by atoms with Crippen LogP contribution in [0.25, 0.3) is 0 Å². The Morgan fingerprint density at radius 2 is 1.78 bits per heavy atom. The van der Waals surface area contributed by atoms with Crippen molar-refractivity contribution in [2.45, 2.75) is 38.8 Å². The van der Waals surface area contributed by atoms with Gasteiger partial charge in [0.25, 0.3) is 0 Å². The topological polar surface area (TPSA) is 24.3 Å². The molecule has 3 heterocycles. The van der Waals surface area contributed by atoms with Crippen LogP contribution in [0.15, 0.2) is 12.3 Å². The Morgan fingerprint density at radius 1 is 0.944 bits per heavy atom. The third-order valence-electron chi connectivity index (χ3n) is 4.22. The lowest BCUT2D eigenvalue weighted by atomic mass is 10.1. The quantitative estimate of drug-likeness (QED) is 0.808. The van der Waals surface area contributed by atoms with Crippen LogP contribution in [0.1, 0.15) is 31.4 Å². The van der Waals surface area contributed by atoms with Crippen molar-refractivity contribution in [3.63, 3.8) is 0 Å². The molecule has 2 aliphatic rings. The third kappa shape index (κ3) is 2.93. The molecule has 1 aromatic heterocycles.